The van der Waals surface area contributed by atoms with Gasteiger partial charge in [-0.3, -0.25) is 0 Å². The van der Waals surface area contributed by atoms with E-state index in [1.807, 2.05) is 5.57 Å². The van der Waals surface area contributed by atoms with Crippen molar-refractivity contribution in [3.8, 4) is 0 Å². The zero-order chi connectivity index (χ0) is 11.0. The van der Waals surface area contributed by atoms with E-state index in [0.717, 1.165) is 17.8 Å². The molecular weight excluding hydrogens is 180 g/mol. The quantitative estimate of drug-likeness (QED) is 0.542. The molecule has 0 N–H and O–H groups in total. The summed E-state index contributed by atoms with van der Waals surface area (Å²) in [4.78, 5) is 0. The van der Waals surface area contributed by atoms with Gasteiger partial charge in [0.2, 0.25) is 0 Å². The van der Waals surface area contributed by atoms with Gasteiger partial charge in [0.15, 0.2) is 0 Å². The normalized spacial score (nSPS) is 36.3. The van der Waals surface area contributed by atoms with Gasteiger partial charge in [-0.2, -0.15) is 0 Å². The van der Waals surface area contributed by atoms with Crippen LogP contribution in [0.15, 0.2) is 23.3 Å². The number of rotatable bonds is 1. The Labute approximate surface area is 94.5 Å². The summed E-state index contributed by atoms with van der Waals surface area (Å²) in [6, 6.07) is 0. The van der Waals surface area contributed by atoms with Gasteiger partial charge in [0.25, 0.3) is 0 Å². The second-order valence-electron chi connectivity index (χ2n) is 5.75. The number of allylic oxidation sites excluding steroid dienone is 3. The second kappa shape index (κ2) is 4.15. The zero-order valence-corrected chi connectivity index (χ0v) is 10.5. The molecule has 2 aliphatic rings. The molecule has 0 spiro atoms. The predicted molar refractivity (Wildman–Crippen MR) is 66.7 cm³/mol. The molecule has 0 radical (unpaired) electrons. The molecule has 0 aromatic carbocycles. The minimum atomic E-state index is 0.781. The lowest BCUT2D eigenvalue weighted by atomic mass is 9.83. The van der Waals surface area contributed by atoms with E-state index in [4.69, 9.17) is 0 Å². The molecule has 2 rings (SSSR count). The van der Waals surface area contributed by atoms with Crippen molar-refractivity contribution >= 4 is 0 Å². The summed E-state index contributed by atoms with van der Waals surface area (Å²) >= 11 is 0. The molecule has 1 saturated carbocycles. The third-order valence-corrected chi connectivity index (χ3v) is 4.65. The average Bonchev–Trinajstić information content (AvgIpc) is 2.43. The molecule has 0 aliphatic heterocycles. The van der Waals surface area contributed by atoms with Crippen LogP contribution in [-0.4, -0.2) is 0 Å². The molecule has 0 saturated heterocycles. The number of hydrogen-bond donors (Lipinski definition) is 0. The van der Waals surface area contributed by atoms with Gasteiger partial charge in [-0.25, -0.2) is 0 Å². The molecule has 1 fully saturated rings. The third kappa shape index (κ3) is 2.04. The van der Waals surface area contributed by atoms with E-state index >= 15 is 0 Å². The lowest BCUT2D eigenvalue weighted by Gasteiger charge is -2.22. The molecule has 0 heterocycles. The monoisotopic (exact) mass is 204 g/mol. The third-order valence-electron chi connectivity index (χ3n) is 4.65. The van der Waals surface area contributed by atoms with Crippen LogP contribution in [0.4, 0.5) is 0 Å². The Morgan fingerprint density at radius 3 is 2.67 bits per heavy atom. The lowest BCUT2D eigenvalue weighted by molar-refractivity contribution is 0.374. The highest BCUT2D eigenvalue weighted by Gasteiger charge is 2.33. The van der Waals surface area contributed by atoms with E-state index in [-0.39, 0.29) is 0 Å². The Morgan fingerprint density at radius 2 is 2.00 bits per heavy atom. The van der Waals surface area contributed by atoms with E-state index in [9.17, 15) is 0 Å². The molecule has 0 aromatic rings. The van der Waals surface area contributed by atoms with Gasteiger partial charge in [0, 0.05) is 0 Å². The van der Waals surface area contributed by atoms with Gasteiger partial charge < -0.3 is 0 Å². The van der Waals surface area contributed by atoms with Gasteiger partial charge >= 0.3 is 0 Å². The summed E-state index contributed by atoms with van der Waals surface area (Å²) in [5.41, 5.74) is 4.92. The van der Waals surface area contributed by atoms with Crippen LogP contribution >= 0.6 is 0 Å². The first-order chi connectivity index (χ1) is 7.09. The maximum atomic E-state index is 4.17. The minimum Gasteiger partial charge on any atom is -0.0999 e. The van der Waals surface area contributed by atoms with Crippen molar-refractivity contribution in [2.45, 2.75) is 52.9 Å². The largest absolute Gasteiger partial charge is 0.0999 e. The zero-order valence-electron chi connectivity index (χ0n) is 10.5. The molecule has 0 bridgehead atoms. The first kappa shape index (κ1) is 11.0. The fourth-order valence-corrected chi connectivity index (χ4v) is 3.44. The van der Waals surface area contributed by atoms with Crippen molar-refractivity contribution in [1.82, 2.24) is 0 Å². The highest BCUT2D eigenvalue weighted by Crippen LogP contribution is 2.46. The summed E-state index contributed by atoms with van der Waals surface area (Å²) < 4.78 is 0. The van der Waals surface area contributed by atoms with Crippen LogP contribution in [0.25, 0.3) is 0 Å². The maximum absolute atomic E-state index is 4.17. The van der Waals surface area contributed by atoms with Crippen molar-refractivity contribution in [2.75, 3.05) is 0 Å². The average molecular weight is 204 g/mol. The molecule has 1 unspecified atom stereocenters. The SMILES string of the molecule is C=C(C)[C@H]1CCC(C)=C2CC[C@@H](C)C2C1. The summed E-state index contributed by atoms with van der Waals surface area (Å²) in [7, 11) is 0. The smallest absolute Gasteiger partial charge is 0.0169 e. The molecule has 0 amide bonds. The van der Waals surface area contributed by atoms with Crippen molar-refractivity contribution in [1.29, 1.82) is 0 Å². The van der Waals surface area contributed by atoms with Crippen molar-refractivity contribution < 1.29 is 0 Å². The van der Waals surface area contributed by atoms with Gasteiger partial charge in [-0.05, 0) is 63.7 Å². The molecule has 0 heteroatoms. The predicted octanol–water partition coefficient (Wildman–Crippen LogP) is 4.73. The summed E-state index contributed by atoms with van der Waals surface area (Å²) in [6.07, 6.45) is 6.83. The van der Waals surface area contributed by atoms with Gasteiger partial charge in [-0.1, -0.05) is 30.2 Å². The van der Waals surface area contributed by atoms with E-state index in [1.165, 1.54) is 37.7 Å². The van der Waals surface area contributed by atoms with Crippen LogP contribution in [0.1, 0.15) is 52.9 Å². The first-order valence-electron chi connectivity index (χ1n) is 6.43. The Balaban J connectivity index is 2.21. The van der Waals surface area contributed by atoms with E-state index in [2.05, 4.69) is 27.4 Å². The van der Waals surface area contributed by atoms with Gasteiger partial charge in [0.05, 0.1) is 0 Å². The van der Waals surface area contributed by atoms with Crippen LogP contribution in [0, 0.1) is 17.8 Å². The fraction of sp³-hybridized carbons (Fsp3) is 0.733. The van der Waals surface area contributed by atoms with E-state index in [0.29, 0.717) is 0 Å². The van der Waals surface area contributed by atoms with Crippen LogP contribution in [0.3, 0.4) is 0 Å². The van der Waals surface area contributed by atoms with Gasteiger partial charge in [0.1, 0.15) is 0 Å². The Morgan fingerprint density at radius 1 is 1.27 bits per heavy atom. The minimum absolute atomic E-state index is 0.781. The molecular formula is C15H24. The first-order valence-corrected chi connectivity index (χ1v) is 6.43. The van der Waals surface area contributed by atoms with Crippen molar-refractivity contribution in [2.24, 2.45) is 17.8 Å². The Kier molecular flexibility index (Phi) is 3.04. The topological polar surface area (TPSA) is 0 Å². The van der Waals surface area contributed by atoms with Crippen LogP contribution in [-0.2, 0) is 0 Å². The van der Waals surface area contributed by atoms with E-state index in [1.54, 1.807) is 5.57 Å². The standard InChI is InChI=1S/C15H24/c1-10(2)13-7-5-11(3)14-8-6-12(4)15(14)9-13/h12-13,15H,1,5-9H2,2-4H3/t12-,13+,15?/m1/s1. The molecule has 0 aromatic heterocycles. The van der Waals surface area contributed by atoms with Gasteiger partial charge in [-0.15, -0.1) is 0 Å². The van der Waals surface area contributed by atoms with Crippen molar-refractivity contribution in [3.05, 3.63) is 23.3 Å². The summed E-state index contributed by atoms with van der Waals surface area (Å²) in [6.45, 7) is 11.2. The van der Waals surface area contributed by atoms with E-state index < -0.39 is 0 Å². The van der Waals surface area contributed by atoms with Crippen molar-refractivity contribution in [3.63, 3.8) is 0 Å². The molecule has 3 atom stereocenters. The Bertz CT molecular complexity index is 295. The fourth-order valence-electron chi connectivity index (χ4n) is 3.44. The summed E-state index contributed by atoms with van der Waals surface area (Å²) in [5.74, 6) is 2.58. The molecule has 84 valence electrons. The second-order valence-corrected chi connectivity index (χ2v) is 5.75. The molecule has 2 aliphatic carbocycles. The summed E-state index contributed by atoms with van der Waals surface area (Å²) in [5, 5.41) is 0. The highest BCUT2D eigenvalue weighted by molar-refractivity contribution is 5.23. The van der Waals surface area contributed by atoms with Crippen LogP contribution < -0.4 is 0 Å². The molecule has 0 nitrogen and oxygen atoms in total. The Hall–Kier alpha value is -0.520. The number of hydrogen-bond acceptors (Lipinski definition) is 0. The number of fused-ring (bicyclic) bond motifs is 1. The molecule has 15 heavy (non-hydrogen) atoms. The maximum Gasteiger partial charge on any atom is -0.0169 e. The van der Waals surface area contributed by atoms with Crippen LogP contribution in [0.2, 0.25) is 0 Å². The van der Waals surface area contributed by atoms with Crippen LogP contribution in [0.5, 0.6) is 0 Å². The highest BCUT2D eigenvalue weighted by atomic mass is 14.4. The lowest BCUT2D eigenvalue weighted by Crippen LogP contribution is -2.11.